The number of anilines is 1. The average molecular weight is 352 g/mol. The number of amides is 1. The molecular formula is C20H24N4O2. The van der Waals surface area contributed by atoms with E-state index in [2.05, 4.69) is 41.0 Å². The zero-order chi connectivity index (χ0) is 18.1. The van der Waals surface area contributed by atoms with E-state index < -0.39 is 0 Å². The standard InChI is InChI=1S/C20H24N4O2/c1-14-5-9-24(19(25)11-15-6-10-26-13-15)12-18(14)23(2)17-4-8-22-20-16(17)3-7-21-20/h3-4,6-8,10,13-14,18H,5,9,11-12H2,1-2H3,(H,21,22). The molecule has 0 spiro atoms. The predicted octanol–water partition coefficient (Wildman–Crippen LogP) is 3.07. The van der Waals surface area contributed by atoms with Gasteiger partial charge in [0.05, 0.1) is 18.9 Å². The van der Waals surface area contributed by atoms with Gasteiger partial charge in [-0.05, 0) is 36.1 Å². The monoisotopic (exact) mass is 352 g/mol. The third kappa shape index (κ3) is 3.07. The summed E-state index contributed by atoms with van der Waals surface area (Å²) in [6.07, 6.45) is 8.42. The van der Waals surface area contributed by atoms with Gasteiger partial charge in [-0.15, -0.1) is 0 Å². The average Bonchev–Trinajstić information content (AvgIpc) is 3.32. The van der Waals surface area contributed by atoms with Crippen LogP contribution in [0, 0.1) is 5.92 Å². The Morgan fingerprint density at radius 1 is 1.42 bits per heavy atom. The summed E-state index contributed by atoms with van der Waals surface area (Å²) in [5.74, 6) is 0.679. The zero-order valence-corrected chi connectivity index (χ0v) is 15.2. The van der Waals surface area contributed by atoms with Crippen LogP contribution in [0.15, 0.2) is 47.5 Å². The summed E-state index contributed by atoms with van der Waals surface area (Å²) >= 11 is 0. The van der Waals surface area contributed by atoms with E-state index in [0.717, 1.165) is 41.8 Å². The molecule has 1 amide bonds. The van der Waals surface area contributed by atoms with Crippen LogP contribution in [0.5, 0.6) is 0 Å². The molecule has 1 aliphatic rings. The van der Waals surface area contributed by atoms with E-state index >= 15 is 0 Å². The Kier molecular flexibility index (Phi) is 4.41. The van der Waals surface area contributed by atoms with Crippen LogP contribution in [0.4, 0.5) is 5.69 Å². The van der Waals surface area contributed by atoms with Crippen molar-refractivity contribution in [3.63, 3.8) is 0 Å². The number of likely N-dealkylation sites (tertiary alicyclic amines) is 1. The van der Waals surface area contributed by atoms with E-state index in [4.69, 9.17) is 4.42 Å². The first-order chi connectivity index (χ1) is 12.6. The molecule has 1 saturated heterocycles. The number of piperidine rings is 1. The van der Waals surface area contributed by atoms with Crippen molar-refractivity contribution >= 4 is 22.6 Å². The highest BCUT2D eigenvalue weighted by Crippen LogP contribution is 2.30. The SMILES string of the molecule is CC1CCN(C(=O)Cc2ccoc2)CC1N(C)c1ccnc2[nH]ccc12. The predicted molar refractivity (Wildman–Crippen MR) is 101 cm³/mol. The Morgan fingerprint density at radius 3 is 3.12 bits per heavy atom. The number of hydrogen-bond acceptors (Lipinski definition) is 4. The Bertz CT molecular complexity index is 886. The second kappa shape index (κ2) is 6.86. The summed E-state index contributed by atoms with van der Waals surface area (Å²) in [6, 6.07) is 6.24. The molecule has 3 aromatic rings. The molecule has 6 heteroatoms. The second-order valence-corrected chi connectivity index (χ2v) is 7.16. The van der Waals surface area contributed by atoms with Gasteiger partial charge in [0.25, 0.3) is 0 Å². The lowest BCUT2D eigenvalue weighted by atomic mass is 9.91. The molecule has 1 N–H and O–H groups in total. The van der Waals surface area contributed by atoms with Crippen LogP contribution in [0.25, 0.3) is 11.0 Å². The van der Waals surface area contributed by atoms with Gasteiger partial charge in [-0.3, -0.25) is 4.79 Å². The van der Waals surface area contributed by atoms with Gasteiger partial charge in [0.15, 0.2) is 0 Å². The van der Waals surface area contributed by atoms with Crippen molar-refractivity contribution in [2.45, 2.75) is 25.8 Å². The number of aromatic nitrogens is 2. The van der Waals surface area contributed by atoms with Crippen LogP contribution in [-0.2, 0) is 11.2 Å². The molecule has 4 heterocycles. The van der Waals surface area contributed by atoms with Gasteiger partial charge in [0.2, 0.25) is 5.91 Å². The third-order valence-electron chi connectivity index (χ3n) is 5.52. The number of rotatable bonds is 4. The number of H-pyrrole nitrogens is 1. The van der Waals surface area contributed by atoms with E-state index in [-0.39, 0.29) is 11.9 Å². The van der Waals surface area contributed by atoms with Crippen molar-refractivity contribution in [2.75, 3.05) is 25.0 Å². The Morgan fingerprint density at radius 2 is 2.31 bits per heavy atom. The summed E-state index contributed by atoms with van der Waals surface area (Å²) in [5.41, 5.74) is 2.98. The van der Waals surface area contributed by atoms with Crippen molar-refractivity contribution in [2.24, 2.45) is 5.92 Å². The molecule has 2 atom stereocenters. The molecule has 26 heavy (non-hydrogen) atoms. The third-order valence-corrected chi connectivity index (χ3v) is 5.52. The number of nitrogens with one attached hydrogen (secondary N) is 1. The van der Waals surface area contributed by atoms with Gasteiger partial charge in [-0.2, -0.15) is 0 Å². The number of nitrogens with zero attached hydrogens (tertiary/aromatic N) is 3. The molecule has 0 saturated carbocycles. The van der Waals surface area contributed by atoms with Crippen LogP contribution in [0.2, 0.25) is 0 Å². The van der Waals surface area contributed by atoms with Crippen molar-refractivity contribution in [3.8, 4) is 0 Å². The Balaban J connectivity index is 1.53. The normalized spacial score (nSPS) is 20.5. The number of aromatic amines is 1. The topological polar surface area (TPSA) is 65.4 Å². The molecule has 4 rings (SSSR count). The van der Waals surface area contributed by atoms with Gasteiger partial charge >= 0.3 is 0 Å². The van der Waals surface area contributed by atoms with Crippen LogP contribution in [-0.4, -0.2) is 47.0 Å². The minimum absolute atomic E-state index is 0.165. The maximum absolute atomic E-state index is 12.7. The summed E-state index contributed by atoms with van der Waals surface area (Å²) in [7, 11) is 2.12. The lowest BCUT2D eigenvalue weighted by molar-refractivity contribution is -0.132. The number of fused-ring (bicyclic) bond motifs is 1. The summed E-state index contributed by atoms with van der Waals surface area (Å²) in [4.78, 5) is 24.5. The van der Waals surface area contributed by atoms with Crippen molar-refractivity contribution in [3.05, 3.63) is 48.7 Å². The van der Waals surface area contributed by atoms with Gasteiger partial charge in [0, 0.05) is 49.6 Å². The van der Waals surface area contributed by atoms with Crippen molar-refractivity contribution < 1.29 is 9.21 Å². The Hall–Kier alpha value is -2.76. The quantitative estimate of drug-likeness (QED) is 0.784. The zero-order valence-electron chi connectivity index (χ0n) is 15.2. The minimum atomic E-state index is 0.165. The van der Waals surface area contributed by atoms with Crippen molar-refractivity contribution in [1.29, 1.82) is 0 Å². The second-order valence-electron chi connectivity index (χ2n) is 7.16. The molecule has 1 fully saturated rings. The smallest absolute Gasteiger partial charge is 0.227 e. The van der Waals surface area contributed by atoms with Crippen molar-refractivity contribution in [1.82, 2.24) is 14.9 Å². The first kappa shape index (κ1) is 16.7. The molecule has 0 aromatic carbocycles. The molecule has 0 aliphatic carbocycles. The molecule has 6 nitrogen and oxygen atoms in total. The molecule has 1 aliphatic heterocycles. The van der Waals surface area contributed by atoms with Crippen LogP contribution >= 0.6 is 0 Å². The van der Waals surface area contributed by atoms with E-state index in [9.17, 15) is 4.79 Å². The molecule has 136 valence electrons. The van der Waals surface area contributed by atoms with E-state index in [0.29, 0.717) is 12.3 Å². The largest absolute Gasteiger partial charge is 0.472 e. The fourth-order valence-corrected chi connectivity index (χ4v) is 3.89. The van der Waals surface area contributed by atoms with Crippen LogP contribution in [0.3, 0.4) is 0 Å². The maximum atomic E-state index is 12.7. The molecule has 0 bridgehead atoms. The highest BCUT2D eigenvalue weighted by molar-refractivity contribution is 5.89. The summed E-state index contributed by atoms with van der Waals surface area (Å²) < 4.78 is 5.08. The number of carbonyl (C=O) groups is 1. The number of likely N-dealkylation sites (N-methyl/N-ethyl adjacent to an activating group) is 1. The van der Waals surface area contributed by atoms with Gasteiger partial charge in [-0.1, -0.05) is 6.92 Å². The van der Waals surface area contributed by atoms with Crippen LogP contribution in [0.1, 0.15) is 18.9 Å². The summed E-state index contributed by atoms with van der Waals surface area (Å²) in [5, 5.41) is 1.11. The first-order valence-corrected chi connectivity index (χ1v) is 9.07. The molecule has 0 radical (unpaired) electrons. The molecule has 3 aromatic heterocycles. The highest BCUT2D eigenvalue weighted by atomic mass is 16.3. The number of pyridine rings is 1. The minimum Gasteiger partial charge on any atom is -0.472 e. The number of hydrogen-bond donors (Lipinski definition) is 1. The van der Waals surface area contributed by atoms with E-state index in [1.165, 1.54) is 0 Å². The molecular weight excluding hydrogens is 328 g/mol. The van der Waals surface area contributed by atoms with Gasteiger partial charge in [0.1, 0.15) is 5.65 Å². The number of carbonyl (C=O) groups excluding carboxylic acids is 1. The Labute approximate surface area is 152 Å². The first-order valence-electron chi connectivity index (χ1n) is 9.07. The van der Waals surface area contributed by atoms with Crippen LogP contribution < -0.4 is 4.90 Å². The highest BCUT2D eigenvalue weighted by Gasteiger charge is 2.32. The lowest BCUT2D eigenvalue weighted by Crippen LogP contribution is -2.53. The number of furan rings is 1. The lowest BCUT2D eigenvalue weighted by Gasteiger charge is -2.42. The maximum Gasteiger partial charge on any atom is 0.227 e. The summed E-state index contributed by atoms with van der Waals surface area (Å²) in [6.45, 7) is 3.83. The van der Waals surface area contributed by atoms with Gasteiger partial charge < -0.3 is 19.2 Å². The van der Waals surface area contributed by atoms with E-state index in [1.807, 2.05) is 23.4 Å². The molecule has 2 unspecified atom stereocenters. The van der Waals surface area contributed by atoms with Gasteiger partial charge in [-0.25, -0.2) is 4.98 Å². The fraction of sp³-hybridized carbons (Fsp3) is 0.400. The van der Waals surface area contributed by atoms with E-state index in [1.54, 1.807) is 12.5 Å². The fourth-order valence-electron chi connectivity index (χ4n) is 3.89.